The third-order valence-corrected chi connectivity index (χ3v) is 4.61. The number of benzene rings is 2. The van der Waals surface area contributed by atoms with E-state index in [1.54, 1.807) is 27.5 Å². The number of rotatable bonds is 8. The predicted molar refractivity (Wildman–Crippen MR) is 111 cm³/mol. The van der Waals surface area contributed by atoms with Gasteiger partial charge in [-0.2, -0.15) is 5.10 Å². The molecule has 0 saturated carbocycles. The van der Waals surface area contributed by atoms with Crippen LogP contribution in [-0.4, -0.2) is 37.0 Å². The minimum absolute atomic E-state index is 0.0869. The van der Waals surface area contributed by atoms with Crippen molar-refractivity contribution in [2.75, 3.05) is 26.6 Å². The molecule has 0 aliphatic rings. The highest BCUT2D eigenvalue weighted by Gasteiger charge is 2.16. The Morgan fingerprint density at radius 2 is 1.83 bits per heavy atom. The van der Waals surface area contributed by atoms with E-state index in [9.17, 15) is 4.79 Å². The molecule has 0 radical (unpaired) electrons. The molecule has 1 aromatic heterocycles. The van der Waals surface area contributed by atoms with E-state index in [-0.39, 0.29) is 5.91 Å². The molecule has 1 heterocycles. The Kier molecular flexibility index (Phi) is 6.39. The summed E-state index contributed by atoms with van der Waals surface area (Å²) in [5.41, 5.74) is 3.52. The van der Waals surface area contributed by atoms with Crippen LogP contribution < -0.4 is 19.5 Å². The Morgan fingerprint density at radius 1 is 1.03 bits per heavy atom. The maximum Gasteiger partial charge on any atom is 0.224 e. The number of nitrogens with zero attached hydrogens (tertiary/aromatic N) is 2. The fourth-order valence-corrected chi connectivity index (χ4v) is 3.19. The van der Waals surface area contributed by atoms with Crippen LogP contribution in [0.15, 0.2) is 48.7 Å². The van der Waals surface area contributed by atoms with Gasteiger partial charge in [-0.15, -0.1) is 0 Å². The molecule has 0 saturated heterocycles. The summed E-state index contributed by atoms with van der Waals surface area (Å²) in [5.74, 6) is 1.60. The van der Waals surface area contributed by atoms with Gasteiger partial charge in [-0.1, -0.05) is 12.1 Å². The molecule has 0 aliphatic heterocycles. The molecule has 0 atom stereocenters. The quantitative estimate of drug-likeness (QED) is 0.628. The van der Waals surface area contributed by atoms with Gasteiger partial charge >= 0.3 is 0 Å². The molecule has 3 aromatic rings. The molecular formula is C22H25N3O4. The molecule has 2 aromatic carbocycles. The van der Waals surface area contributed by atoms with E-state index in [0.29, 0.717) is 30.1 Å². The molecule has 0 aliphatic carbocycles. The Balaban J connectivity index is 1.69. The minimum atomic E-state index is -0.0869. The number of carbonyl (C=O) groups excluding carboxylic acids is 1. The van der Waals surface area contributed by atoms with Gasteiger partial charge in [-0.25, -0.2) is 4.68 Å². The number of hydrogen-bond acceptors (Lipinski definition) is 5. The van der Waals surface area contributed by atoms with E-state index in [1.807, 2.05) is 54.1 Å². The van der Waals surface area contributed by atoms with Gasteiger partial charge in [-0.3, -0.25) is 4.79 Å². The molecule has 0 fully saturated rings. The first-order chi connectivity index (χ1) is 14.1. The Hall–Kier alpha value is -3.48. The fraction of sp³-hybridized carbons (Fsp3) is 0.273. The van der Waals surface area contributed by atoms with Crippen LogP contribution in [0.5, 0.6) is 17.2 Å². The number of anilines is 1. The molecule has 7 heteroatoms. The largest absolute Gasteiger partial charge is 0.493 e. The highest BCUT2D eigenvalue weighted by atomic mass is 16.5. The molecule has 0 bridgehead atoms. The lowest BCUT2D eigenvalue weighted by Gasteiger charge is -2.15. The number of nitrogens with one attached hydrogen (secondary N) is 1. The normalized spacial score (nSPS) is 10.5. The predicted octanol–water partition coefficient (Wildman–Crippen LogP) is 3.78. The number of amides is 1. The van der Waals surface area contributed by atoms with Crippen LogP contribution in [0.25, 0.3) is 5.69 Å². The number of ether oxygens (including phenoxy) is 3. The van der Waals surface area contributed by atoms with Crippen LogP contribution in [0, 0.1) is 6.92 Å². The minimum Gasteiger partial charge on any atom is -0.493 e. The van der Waals surface area contributed by atoms with Gasteiger partial charge in [0.2, 0.25) is 11.7 Å². The molecule has 152 valence electrons. The van der Waals surface area contributed by atoms with Gasteiger partial charge in [0, 0.05) is 24.0 Å². The first-order valence-corrected chi connectivity index (χ1v) is 9.26. The van der Waals surface area contributed by atoms with Crippen LogP contribution in [0.3, 0.4) is 0 Å². The highest BCUT2D eigenvalue weighted by Crippen LogP contribution is 2.40. The molecule has 1 N–H and O–H groups in total. The van der Waals surface area contributed by atoms with Crippen molar-refractivity contribution in [3.63, 3.8) is 0 Å². The smallest absolute Gasteiger partial charge is 0.224 e. The number of hydrogen-bond donors (Lipinski definition) is 1. The topological polar surface area (TPSA) is 74.6 Å². The number of methoxy groups -OCH3 is 3. The second-order valence-corrected chi connectivity index (χ2v) is 6.48. The van der Waals surface area contributed by atoms with E-state index in [1.165, 1.54) is 0 Å². The van der Waals surface area contributed by atoms with E-state index < -0.39 is 0 Å². The van der Waals surface area contributed by atoms with E-state index in [4.69, 9.17) is 14.2 Å². The van der Waals surface area contributed by atoms with Crippen molar-refractivity contribution >= 4 is 11.6 Å². The summed E-state index contributed by atoms with van der Waals surface area (Å²) >= 11 is 0. The Labute approximate surface area is 170 Å². The van der Waals surface area contributed by atoms with E-state index >= 15 is 0 Å². The van der Waals surface area contributed by atoms with Crippen LogP contribution in [0.1, 0.15) is 17.7 Å². The Bertz CT molecular complexity index is 997. The molecule has 3 rings (SSSR count). The van der Waals surface area contributed by atoms with Gasteiger partial charge < -0.3 is 19.5 Å². The first-order valence-electron chi connectivity index (χ1n) is 9.26. The van der Waals surface area contributed by atoms with E-state index in [2.05, 4.69) is 10.4 Å². The zero-order valence-corrected chi connectivity index (χ0v) is 17.1. The molecule has 0 spiro atoms. The second kappa shape index (κ2) is 9.14. The van der Waals surface area contributed by atoms with Gasteiger partial charge in [0.1, 0.15) is 0 Å². The highest BCUT2D eigenvalue weighted by molar-refractivity contribution is 5.91. The lowest BCUT2D eigenvalue weighted by molar-refractivity contribution is -0.116. The summed E-state index contributed by atoms with van der Waals surface area (Å²) in [6.45, 7) is 1.98. The average molecular weight is 395 g/mol. The number of aryl methyl sites for hydroxylation is 2. The SMILES string of the molecule is COc1ccc(CCC(=O)Nc2cccc(-n3nccc3C)c2)c(OC)c1OC. The van der Waals surface area contributed by atoms with Gasteiger partial charge in [0.15, 0.2) is 11.5 Å². The maximum atomic E-state index is 12.5. The lowest BCUT2D eigenvalue weighted by Crippen LogP contribution is -2.13. The fourth-order valence-electron chi connectivity index (χ4n) is 3.19. The lowest BCUT2D eigenvalue weighted by atomic mass is 10.1. The monoisotopic (exact) mass is 395 g/mol. The van der Waals surface area contributed by atoms with Gasteiger partial charge in [0.05, 0.1) is 27.0 Å². The van der Waals surface area contributed by atoms with Gasteiger partial charge in [0.25, 0.3) is 0 Å². The molecular weight excluding hydrogens is 370 g/mol. The van der Waals surface area contributed by atoms with Crippen LogP contribution in [0.4, 0.5) is 5.69 Å². The first kappa shape index (κ1) is 20.3. The Morgan fingerprint density at radius 3 is 2.48 bits per heavy atom. The zero-order chi connectivity index (χ0) is 20.8. The molecule has 7 nitrogen and oxygen atoms in total. The van der Waals surface area contributed by atoms with Crippen molar-refractivity contribution in [1.29, 1.82) is 0 Å². The summed E-state index contributed by atoms with van der Waals surface area (Å²) < 4.78 is 18.0. The molecule has 1 amide bonds. The summed E-state index contributed by atoms with van der Waals surface area (Å²) in [6.07, 6.45) is 2.56. The summed E-state index contributed by atoms with van der Waals surface area (Å²) in [7, 11) is 4.71. The third-order valence-electron chi connectivity index (χ3n) is 4.61. The average Bonchev–Trinajstić information content (AvgIpc) is 3.17. The van der Waals surface area contributed by atoms with Crippen LogP contribution in [-0.2, 0) is 11.2 Å². The molecule has 0 unspecified atom stereocenters. The maximum absolute atomic E-state index is 12.5. The molecule has 29 heavy (non-hydrogen) atoms. The van der Waals surface area contributed by atoms with Crippen molar-refractivity contribution < 1.29 is 19.0 Å². The van der Waals surface area contributed by atoms with E-state index in [0.717, 1.165) is 22.6 Å². The summed E-state index contributed by atoms with van der Waals surface area (Å²) in [4.78, 5) is 12.5. The number of aromatic nitrogens is 2. The third kappa shape index (κ3) is 4.51. The standard InChI is InChI=1S/C22H25N3O4/c1-15-12-13-23-25(15)18-7-5-6-17(14-18)24-20(26)11-9-16-8-10-19(27-2)22(29-4)21(16)28-3/h5-8,10,12-14H,9,11H2,1-4H3,(H,24,26). The number of carbonyl (C=O) groups is 1. The van der Waals surface area contributed by atoms with Crippen molar-refractivity contribution in [1.82, 2.24) is 9.78 Å². The van der Waals surface area contributed by atoms with Crippen molar-refractivity contribution in [3.8, 4) is 22.9 Å². The van der Waals surface area contributed by atoms with Crippen molar-refractivity contribution in [2.24, 2.45) is 0 Å². The van der Waals surface area contributed by atoms with Crippen molar-refractivity contribution in [3.05, 3.63) is 59.9 Å². The van der Waals surface area contributed by atoms with Crippen LogP contribution in [0.2, 0.25) is 0 Å². The van der Waals surface area contributed by atoms with Crippen LogP contribution >= 0.6 is 0 Å². The summed E-state index contributed by atoms with van der Waals surface area (Å²) in [6, 6.07) is 13.2. The second-order valence-electron chi connectivity index (χ2n) is 6.48. The van der Waals surface area contributed by atoms with Gasteiger partial charge in [-0.05, 0) is 49.2 Å². The summed E-state index contributed by atoms with van der Waals surface area (Å²) in [5, 5.41) is 7.25. The zero-order valence-electron chi connectivity index (χ0n) is 17.1. The van der Waals surface area contributed by atoms with Crippen molar-refractivity contribution in [2.45, 2.75) is 19.8 Å².